The zero-order chi connectivity index (χ0) is 25.6. The number of amides is 2. The summed E-state index contributed by atoms with van der Waals surface area (Å²) in [4.78, 5) is 28.0. The molecular weight excluding hydrogens is 497 g/mol. The molecular formula is C24H31Cl2N3O4S. The van der Waals surface area contributed by atoms with Crippen LogP contribution in [-0.4, -0.2) is 50.0 Å². The second-order valence-corrected chi connectivity index (χ2v) is 11.2. The Morgan fingerprint density at radius 1 is 1.06 bits per heavy atom. The SMILES string of the molecule is CCC(C(=O)NC(C)C)N(Cc1ccccc1C)C(=O)CN(c1cc(Cl)cc(Cl)c1)S(C)(=O)=O. The van der Waals surface area contributed by atoms with E-state index in [1.807, 2.05) is 52.0 Å². The number of nitrogens with one attached hydrogen (secondary N) is 1. The predicted molar refractivity (Wildman–Crippen MR) is 138 cm³/mol. The number of anilines is 1. The number of carbonyl (C=O) groups is 2. The van der Waals surface area contributed by atoms with Crippen LogP contribution in [0.25, 0.3) is 0 Å². The van der Waals surface area contributed by atoms with Crippen molar-refractivity contribution in [3.8, 4) is 0 Å². The highest BCUT2D eigenvalue weighted by molar-refractivity contribution is 7.92. The minimum Gasteiger partial charge on any atom is -0.352 e. The first kappa shape index (κ1) is 28.0. The van der Waals surface area contributed by atoms with Gasteiger partial charge in [0.15, 0.2) is 0 Å². The Morgan fingerprint density at radius 2 is 1.65 bits per heavy atom. The van der Waals surface area contributed by atoms with Gasteiger partial charge in [0.25, 0.3) is 0 Å². The molecule has 10 heteroatoms. The van der Waals surface area contributed by atoms with E-state index >= 15 is 0 Å². The first-order valence-electron chi connectivity index (χ1n) is 10.9. The van der Waals surface area contributed by atoms with Crippen LogP contribution in [0, 0.1) is 6.92 Å². The van der Waals surface area contributed by atoms with Crippen LogP contribution in [0.1, 0.15) is 38.3 Å². The maximum Gasteiger partial charge on any atom is 0.244 e. The molecule has 0 saturated heterocycles. The molecule has 2 rings (SSSR count). The summed E-state index contributed by atoms with van der Waals surface area (Å²) in [5, 5.41) is 3.34. The topological polar surface area (TPSA) is 86.8 Å². The van der Waals surface area contributed by atoms with Gasteiger partial charge in [-0.25, -0.2) is 8.42 Å². The van der Waals surface area contributed by atoms with E-state index in [1.165, 1.54) is 23.1 Å². The van der Waals surface area contributed by atoms with Crippen molar-refractivity contribution in [2.24, 2.45) is 0 Å². The Balaban J connectivity index is 2.49. The molecule has 2 amide bonds. The second kappa shape index (κ2) is 11.9. The van der Waals surface area contributed by atoms with Gasteiger partial charge in [-0.2, -0.15) is 0 Å². The fraction of sp³-hybridized carbons (Fsp3) is 0.417. The summed E-state index contributed by atoms with van der Waals surface area (Å²) in [6.07, 6.45) is 1.36. The zero-order valence-electron chi connectivity index (χ0n) is 20.0. The van der Waals surface area contributed by atoms with E-state index in [0.29, 0.717) is 6.42 Å². The van der Waals surface area contributed by atoms with Crippen molar-refractivity contribution in [1.29, 1.82) is 0 Å². The Kier molecular flexibility index (Phi) is 9.79. The molecule has 1 N–H and O–H groups in total. The van der Waals surface area contributed by atoms with Gasteiger partial charge in [-0.1, -0.05) is 54.4 Å². The van der Waals surface area contributed by atoms with Crippen LogP contribution < -0.4 is 9.62 Å². The molecule has 0 saturated carbocycles. The molecule has 0 spiro atoms. The van der Waals surface area contributed by atoms with Gasteiger partial charge in [-0.15, -0.1) is 0 Å². The van der Waals surface area contributed by atoms with E-state index in [-0.39, 0.29) is 34.2 Å². The molecule has 0 radical (unpaired) electrons. The average Bonchev–Trinajstić information content (AvgIpc) is 2.70. The lowest BCUT2D eigenvalue weighted by Gasteiger charge is -2.33. The van der Waals surface area contributed by atoms with Crippen LogP contribution in [0.15, 0.2) is 42.5 Å². The largest absolute Gasteiger partial charge is 0.352 e. The summed E-state index contributed by atoms with van der Waals surface area (Å²) in [6, 6.07) is 11.0. The lowest BCUT2D eigenvalue weighted by Crippen LogP contribution is -2.53. The lowest BCUT2D eigenvalue weighted by molar-refractivity contribution is -0.140. The molecule has 186 valence electrons. The third kappa shape index (κ3) is 7.61. The van der Waals surface area contributed by atoms with E-state index in [2.05, 4.69) is 5.32 Å². The van der Waals surface area contributed by atoms with Crippen molar-refractivity contribution in [3.63, 3.8) is 0 Å². The van der Waals surface area contributed by atoms with Gasteiger partial charge >= 0.3 is 0 Å². The van der Waals surface area contributed by atoms with E-state index in [1.54, 1.807) is 0 Å². The number of sulfonamides is 1. The van der Waals surface area contributed by atoms with Crippen LogP contribution in [-0.2, 0) is 26.2 Å². The number of benzene rings is 2. The van der Waals surface area contributed by atoms with E-state index in [9.17, 15) is 18.0 Å². The molecule has 0 aromatic heterocycles. The van der Waals surface area contributed by atoms with Crippen LogP contribution in [0.3, 0.4) is 0 Å². The van der Waals surface area contributed by atoms with Gasteiger partial charge in [-0.3, -0.25) is 13.9 Å². The quantitative estimate of drug-likeness (QED) is 0.495. The lowest BCUT2D eigenvalue weighted by atomic mass is 10.1. The van der Waals surface area contributed by atoms with E-state index in [0.717, 1.165) is 21.7 Å². The highest BCUT2D eigenvalue weighted by atomic mass is 35.5. The molecule has 1 unspecified atom stereocenters. The van der Waals surface area contributed by atoms with Crippen molar-refractivity contribution in [2.45, 2.75) is 52.7 Å². The highest BCUT2D eigenvalue weighted by Crippen LogP contribution is 2.27. The number of nitrogens with zero attached hydrogens (tertiary/aromatic N) is 2. The predicted octanol–water partition coefficient (Wildman–Crippen LogP) is 4.40. The molecule has 0 heterocycles. The molecule has 0 fully saturated rings. The zero-order valence-corrected chi connectivity index (χ0v) is 22.3. The summed E-state index contributed by atoms with van der Waals surface area (Å²) in [7, 11) is -3.86. The molecule has 2 aromatic carbocycles. The average molecular weight is 529 g/mol. The number of carbonyl (C=O) groups excluding carboxylic acids is 2. The summed E-state index contributed by atoms with van der Waals surface area (Å²) in [5.74, 6) is -0.813. The fourth-order valence-corrected chi connectivity index (χ4v) is 4.92. The number of rotatable bonds is 10. The maximum atomic E-state index is 13.6. The first-order chi connectivity index (χ1) is 15.8. The van der Waals surface area contributed by atoms with Crippen LogP contribution in [0.5, 0.6) is 0 Å². The summed E-state index contributed by atoms with van der Waals surface area (Å²) >= 11 is 12.2. The fourth-order valence-electron chi connectivity index (χ4n) is 3.57. The Hall–Kier alpha value is -2.29. The maximum absolute atomic E-state index is 13.6. The Labute approximate surface area is 212 Å². The second-order valence-electron chi connectivity index (χ2n) is 8.43. The molecule has 2 aromatic rings. The molecule has 0 aliphatic rings. The minimum absolute atomic E-state index is 0.113. The van der Waals surface area contributed by atoms with Gasteiger partial charge in [0.1, 0.15) is 12.6 Å². The first-order valence-corrected chi connectivity index (χ1v) is 13.5. The van der Waals surface area contributed by atoms with Gasteiger partial charge in [0.05, 0.1) is 11.9 Å². The summed E-state index contributed by atoms with van der Waals surface area (Å²) in [5.41, 5.74) is 1.99. The van der Waals surface area contributed by atoms with Crippen molar-refractivity contribution >= 4 is 50.7 Å². The summed E-state index contributed by atoms with van der Waals surface area (Å²) in [6.45, 7) is 7.06. The molecule has 0 bridgehead atoms. The van der Waals surface area contributed by atoms with Gasteiger partial charge in [0, 0.05) is 22.6 Å². The molecule has 0 aliphatic heterocycles. The van der Waals surface area contributed by atoms with Crippen molar-refractivity contribution < 1.29 is 18.0 Å². The standard InChI is InChI=1S/C24H31Cl2N3O4S/c1-6-22(24(31)27-16(2)3)28(14-18-10-8-7-9-17(18)4)23(30)15-29(34(5,32)33)21-12-19(25)11-20(26)13-21/h7-13,16,22H,6,14-15H2,1-5H3,(H,27,31). The van der Waals surface area contributed by atoms with Gasteiger partial charge in [-0.05, 0) is 56.5 Å². The molecule has 34 heavy (non-hydrogen) atoms. The minimum atomic E-state index is -3.86. The number of aryl methyl sites for hydroxylation is 1. The van der Waals surface area contributed by atoms with Gasteiger partial charge < -0.3 is 10.2 Å². The number of hydrogen-bond donors (Lipinski definition) is 1. The molecule has 7 nitrogen and oxygen atoms in total. The Morgan fingerprint density at radius 3 is 2.15 bits per heavy atom. The van der Waals surface area contributed by atoms with Gasteiger partial charge in [0.2, 0.25) is 21.8 Å². The van der Waals surface area contributed by atoms with Crippen molar-refractivity contribution in [2.75, 3.05) is 17.1 Å². The van der Waals surface area contributed by atoms with Crippen LogP contribution in [0.4, 0.5) is 5.69 Å². The molecule has 0 aliphatic carbocycles. The smallest absolute Gasteiger partial charge is 0.244 e. The third-order valence-electron chi connectivity index (χ3n) is 5.23. The van der Waals surface area contributed by atoms with Crippen molar-refractivity contribution in [1.82, 2.24) is 10.2 Å². The highest BCUT2D eigenvalue weighted by Gasteiger charge is 2.32. The number of hydrogen-bond acceptors (Lipinski definition) is 4. The normalized spacial score (nSPS) is 12.4. The van der Waals surface area contributed by atoms with Crippen LogP contribution >= 0.6 is 23.2 Å². The summed E-state index contributed by atoms with van der Waals surface area (Å²) < 4.78 is 26.2. The van der Waals surface area contributed by atoms with E-state index < -0.39 is 28.5 Å². The van der Waals surface area contributed by atoms with Crippen LogP contribution in [0.2, 0.25) is 10.0 Å². The van der Waals surface area contributed by atoms with Crippen molar-refractivity contribution in [3.05, 3.63) is 63.6 Å². The monoisotopic (exact) mass is 527 g/mol. The molecule has 1 atom stereocenters. The Bertz CT molecular complexity index is 1120. The third-order valence-corrected chi connectivity index (χ3v) is 6.81. The van der Waals surface area contributed by atoms with E-state index in [4.69, 9.17) is 23.2 Å². The number of halogens is 2.